The van der Waals surface area contributed by atoms with E-state index < -0.39 is 0 Å². The molecule has 1 amide bonds. The van der Waals surface area contributed by atoms with Crippen LogP contribution >= 0.6 is 0 Å². The molecule has 0 bridgehead atoms. The van der Waals surface area contributed by atoms with E-state index in [1.165, 1.54) is 0 Å². The standard InChI is InChI=1S/C21H23N3O2/c25-21(22-15-18-12-7-13-26-18)19-14-20(16-8-3-1-4-9-16)24(23-19)17-10-5-2-6-11-17/h1-6,8-11,18,20H,7,12-15H2,(H,22,25)/t18-,20-/m1/s1. The molecule has 1 fully saturated rings. The molecule has 5 heteroatoms. The third-order valence-electron chi connectivity index (χ3n) is 4.89. The van der Waals surface area contributed by atoms with Crippen LogP contribution < -0.4 is 10.3 Å². The largest absolute Gasteiger partial charge is 0.376 e. The first kappa shape index (κ1) is 16.8. The number of anilines is 1. The molecule has 0 aromatic heterocycles. The van der Waals surface area contributed by atoms with E-state index in [0.717, 1.165) is 30.7 Å². The van der Waals surface area contributed by atoms with Gasteiger partial charge >= 0.3 is 0 Å². The van der Waals surface area contributed by atoms with Crippen molar-refractivity contribution in [2.75, 3.05) is 18.2 Å². The minimum atomic E-state index is -0.0973. The van der Waals surface area contributed by atoms with Crippen LogP contribution in [0.2, 0.25) is 0 Å². The second-order valence-electron chi connectivity index (χ2n) is 6.70. The molecule has 2 heterocycles. The van der Waals surface area contributed by atoms with E-state index in [9.17, 15) is 4.79 Å². The van der Waals surface area contributed by atoms with Crippen LogP contribution in [0.5, 0.6) is 0 Å². The topological polar surface area (TPSA) is 53.9 Å². The number of benzene rings is 2. The van der Waals surface area contributed by atoms with Crippen LogP contribution in [0, 0.1) is 0 Å². The minimum absolute atomic E-state index is 0.0297. The van der Waals surface area contributed by atoms with Crippen molar-refractivity contribution >= 4 is 17.3 Å². The maximum absolute atomic E-state index is 12.6. The number of hydrogen-bond acceptors (Lipinski definition) is 4. The second kappa shape index (κ2) is 7.70. The first-order valence-corrected chi connectivity index (χ1v) is 9.18. The lowest BCUT2D eigenvalue weighted by Crippen LogP contribution is -2.36. The van der Waals surface area contributed by atoms with Crippen LogP contribution in [-0.4, -0.2) is 30.9 Å². The fourth-order valence-corrected chi connectivity index (χ4v) is 3.51. The van der Waals surface area contributed by atoms with Crippen LogP contribution in [0.4, 0.5) is 5.69 Å². The first-order valence-electron chi connectivity index (χ1n) is 9.18. The summed E-state index contributed by atoms with van der Waals surface area (Å²) in [7, 11) is 0. The van der Waals surface area contributed by atoms with E-state index in [1.807, 2.05) is 53.5 Å². The van der Waals surface area contributed by atoms with Crippen LogP contribution in [-0.2, 0) is 9.53 Å². The lowest BCUT2D eigenvalue weighted by molar-refractivity contribution is -0.115. The zero-order valence-electron chi connectivity index (χ0n) is 14.7. The third kappa shape index (κ3) is 3.63. The van der Waals surface area contributed by atoms with Gasteiger partial charge in [0.2, 0.25) is 0 Å². The molecule has 0 spiro atoms. The molecule has 2 aliphatic heterocycles. The predicted molar refractivity (Wildman–Crippen MR) is 102 cm³/mol. The number of hydrogen-bond donors (Lipinski definition) is 1. The molecule has 2 atom stereocenters. The quantitative estimate of drug-likeness (QED) is 0.901. The SMILES string of the molecule is O=C(NC[C@H]1CCCO1)C1=NN(c2ccccc2)[C@@H](c2ccccc2)C1. The van der Waals surface area contributed by atoms with Crippen LogP contribution in [0.3, 0.4) is 0 Å². The fraction of sp³-hybridized carbons (Fsp3) is 0.333. The number of carbonyl (C=O) groups excluding carboxylic acids is 1. The maximum Gasteiger partial charge on any atom is 0.267 e. The molecule has 4 rings (SSSR count). The molecule has 2 aromatic carbocycles. The van der Waals surface area contributed by atoms with Gasteiger partial charge in [0.05, 0.1) is 17.8 Å². The van der Waals surface area contributed by atoms with Gasteiger partial charge in [-0.15, -0.1) is 0 Å². The Hall–Kier alpha value is -2.66. The molecule has 1 N–H and O–H groups in total. The van der Waals surface area contributed by atoms with Gasteiger partial charge in [-0.1, -0.05) is 48.5 Å². The van der Waals surface area contributed by atoms with Crippen molar-refractivity contribution in [3.8, 4) is 0 Å². The van der Waals surface area contributed by atoms with Gasteiger partial charge in [-0.3, -0.25) is 9.80 Å². The van der Waals surface area contributed by atoms with Crippen molar-refractivity contribution in [1.29, 1.82) is 0 Å². The highest BCUT2D eigenvalue weighted by molar-refractivity contribution is 6.39. The molecule has 1 saturated heterocycles. The molecule has 0 aliphatic carbocycles. The molecule has 2 aliphatic rings. The molecule has 134 valence electrons. The van der Waals surface area contributed by atoms with Crippen molar-refractivity contribution < 1.29 is 9.53 Å². The summed E-state index contributed by atoms with van der Waals surface area (Å²) in [5.41, 5.74) is 2.71. The van der Waals surface area contributed by atoms with Gasteiger partial charge in [0.1, 0.15) is 5.71 Å². The average Bonchev–Trinajstić information content (AvgIpc) is 3.37. The summed E-state index contributed by atoms with van der Waals surface area (Å²) < 4.78 is 5.58. The van der Waals surface area contributed by atoms with E-state index in [2.05, 4.69) is 22.6 Å². The maximum atomic E-state index is 12.6. The number of amides is 1. The van der Waals surface area contributed by atoms with Gasteiger partial charge in [-0.05, 0) is 30.5 Å². The second-order valence-corrected chi connectivity index (χ2v) is 6.70. The molecule has 2 aromatic rings. The molecule has 26 heavy (non-hydrogen) atoms. The number of carbonyl (C=O) groups is 1. The van der Waals surface area contributed by atoms with E-state index in [0.29, 0.717) is 18.7 Å². The Bertz CT molecular complexity index is 770. The Kier molecular flexibility index (Phi) is 4.97. The van der Waals surface area contributed by atoms with E-state index >= 15 is 0 Å². The van der Waals surface area contributed by atoms with E-state index in [4.69, 9.17) is 4.74 Å². The Morgan fingerprint density at radius 3 is 2.54 bits per heavy atom. The first-order chi connectivity index (χ1) is 12.8. The number of rotatable bonds is 5. The van der Waals surface area contributed by atoms with Crippen molar-refractivity contribution in [2.24, 2.45) is 5.10 Å². The highest BCUT2D eigenvalue weighted by Crippen LogP contribution is 2.34. The monoisotopic (exact) mass is 349 g/mol. The summed E-state index contributed by atoms with van der Waals surface area (Å²) in [5.74, 6) is -0.0973. The van der Waals surface area contributed by atoms with Crippen molar-refractivity contribution in [2.45, 2.75) is 31.4 Å². The Balaban J connectivity index is 1.52. The molecule has 0 unspecified atom stereocenters. The molecular formula is C21H23N3O2. The highest BCUT2D eigenvalue weighted by Gasteiger charge is 2.32. The lowest BCUT2D eigenvalue weighted by atomic mass is 10.0. The average molecular weight is 349 g/mol. The summed E-state index contributed by atoms with van der Waals surface area (Å²) in [4.78, 5) is 12.6. The Morgan fingerprint density at radius 1 is 1.12 bits per heavy atom. The zero-order chi connectivity index (χ0) is 17.8. The van der Waals surface area contributed by atoms with Gasteiger partial charge in [0, 0.05) is 19.6 Å². The zero-order valence-corrected chi connectivity index (χ0v) is 14.7. The summed E-state index contributed by atoms with van der Waals surface area (Å²) in [6, 6.07) is 20.2. The predicted octanol–water partition coefficient (Wildman–Crippen LogP) is 3.29. The van der Waals surface area contributed by atoms with Crippen molar-refractivity contribution in [3.63, 3.8) is 0 Å². The molecule has 0 radical (unpaired) electrons. The van der Waals surface area contributed by atoms with E-state index in [-0.39, 0.29) is 18.1 Å². The van der Waals surface area contributed by atoms with Crippen LogP contribution in [0.25, 0.3) is 0 Å². The Labute approximate surface area is 153 Å². The third-order valence-corrected chi connectivity index (χ3v) is 4.89. The number of hydrazone groups is 1. The Morgan fingerprint density at radius 2 is 1.85 bits per heavy atom. The van der Waals surface area contributed by atoms with Crippen molar-refractivity contribution in [1.82, 2.24) is 5.32 Å². The summed E-state index contributed by atoms with van der Waals surface area (Å²) >= 11 is 0. The van der Waals surface area contributed by atoms with Gasteiger partial charge < -0.3 is 10.1 Å². The normalized spacial score (nSPS) is 22.3. The fourth-order valence-electron chi connectivity index (χ4n) is 3.51. The number of nitrogens with one attached hydrogen (secondary N) is 1. The summed E-state index contributed by atoms with van der Waals surface area (Å²) in [6.45, 7) is 1.35. The van der Waals surface area contributed by atoms with Gasteiger partial charge in [-0.25, -0.2) is 0 Å². The van der Waals surface area contributed by atoms with E-state index in [1.54, 1.807) is 0 Å². The minimum Gasteiger partial charge on any atom is -0.376 e. The highest BCUT2D eigenvalue weighted by atomic mass is 16.5. The van der Waals surface area contributed by atoms with Gasteiger partial charge in [0.15, 0.2) is 0 Å². The van der Waals surface area contributed by atoms with Gasteiger partial charge in [0.25, 0.3) is 5.91 Å². The lowest BCUT2D eigenvalue weighted by Gasteiger charge is -2.23. The van der Waals surface area contributed by atoms with Crippen LogP contribution in [0.1, 0.15) is 30.9 Å². The molecular weight excluding hydrogens is 326 g/mol. The van der Waals surface area contributed by atoms with Crippen LogP contribution in [0.15, 0.2) is 65.8 Å². The number of nitrogens with zero attached hydrogens (tertiary/aromatic N) is 2. The smallest absolute Gasteiger partial charge is 0.267 e. The summed E-state index contributed by atoms with van der Waals surface area (Å²) in [5, 5.41) is 9.60. The van der Waals surface area contributed by atoms with Crippen molar-refractivity contribution in [3.05, 3.63) is 66.2 Å². The number of para-hydroxylation sites is 1. The number of ether oxygens (including phenoxy) is 1. The molecule has 0 saturated carbocycles. The van der Waals surface area contributed by atoms with Gasteiger partial charge in [-0.2, -0.15) is 5.10 Å². The summed E-state index contributed by atoms with van der Waals surface area (Å²) in [6.07, 6.45) is 2.81. The molecule has 5 nitrogen and oxygen atoms in total.